The second kappa shape index (κ2) is 9.02. The summed E-state index contributed by atoms with van der Waals surface area (Å²) in [6.45, 7) is 2.15. The minimum atomic E-state index is -4.40. The Balaban J connectivity index is 1.43. The maximum absolute atomic E-state index is 12.7. The van der Waals surface area contributed by atoms with Gasteiger partial charge in [-0.1, -0.05) is 24.3 Å². The number of rotatable bonds is 6. The van der Waals surface area contributed by atoms with Gasteiger partial charge < -0.3 is 0 Å². The number of fused-ring (bicyclic) bond motifs is 1. The molecule has 0 fully saturated rings. The van der Waals surface area contributed by atoms with Crippen LogP contribution in [-0.4, -0.2) is 20.4 Å². The van der Waals surface area contributed by atoms with Gasteiger partial charge >= 0.3 is 6.18 Å². The van der Waals surface area contributed by atoms with E-state index in [4.69, 9.17) is 0 Å². The van der Waals surface area contributed by atoms with Crippen LogP contribution in [0.2, 0.25) is 0 Å². The van der Waals surface area contributed by atoms with E-state index < -0.39 is 17.6 Å². The van der Waals surface area contributed by atoms with Crippen LogP contribution >= 0.6 is 11.3 Å². The van der Waals surface area contributed by atoms with Crippen molar-refractivity contribution < 1.29 is 18.0 Å². The van der Waals surface area contributed by atoms with Crippen molar-refractivity contribution in [3.05, 3.63) is 75.5 Å². The second-order valence-electron chi connectivity index (χ2n) is 7.07. The predicted molar refractivity (Wildman–Crippen MR) is 120 cm³/mol. The molecule has 0 saturated carbocycles. The molecule has 0 bridgehead atoms. The molecule has 2 aromatic heterocycles. The summed E-state index contributed by atoms with van der Waals surface area (Å²) >= 11 is 1.23. The summed E-state index contributed by atoms with van der Waals surface area (Å²) in [4.78, 5) is 33.7. The van der Waals surface area contributed by atoms with Gasteiger partial charge in [0.25, 0.3) is 5.56 Å². The maximum atomic E-state index is 12.7. The molecule has 0 aliphatic heterocycles. The SMILES string of the molecule is CCn1c(NNC(=O)Cc2csc(-c3ccc(C(F)(F)F)cc3)n2)nc2ccccc2c1=O. The molecule has 0 atom stereocenters. The Morgan fingerprint density at radius 2 is 1.82 bits per heavy atom. The van der Waals surface area contributed by atoms with Crippen molar-refractivity contribution in [2.45, 2.75) is 26.1 Å². The van der Waals surface area contributed by atoms with Crippen LogP contribution in [0.25, 0.3) is 21.5 Å². The molecule has 2 N–H and O–H groups in total. The Hall–Kier alpha value is -3.73. The lowest BCUT2D eigenvalue weighted by Gasteiger charge is -2.13. The van der Waals surface area contributed by atoms with Crippen LogP contribution in [0.5, 0.6) is 0 Å². The van der Waals surface area contributed by atoms with E-state index in [0.29, 0.717) is 33.7 Å². The maximum Gasteiger partial charge on any atom is 0.416 e. The molecule has 0 spiro atoms. The number of hydrogen-bond acceptors (Lipinski definition) is 6. The molecule has 0 unspecified atom stereocenters. The smallest absolute Gasteiger partial charge is 0.277 e. The Bertz CT molecular complexity index is 1360. The van der Waals surface area contributed by atoms with Crippen LogP contribution in [0.3, 0.4) is 0 Å². The number of carbonyl (C=O) groups is 1. The van der Waals surface area contributed by atoms with Crippen LogP contribution in [-0.2, 0) is 23.9 Å². The first-order valence-electron chi connectivity index (χ1n) is 9.92. The molecule has 0 radical (unpaired) electrons. The van der Waals surface area contributed by atoms with Gasteiger partial charge in [0, 0.05) is 17.5 Å². The molecule has 4 rings (SSSR count). The van der Waals surface area contributed by atoms with Crippen LogP contribution in [0.4, 0.5) is 19.1 Å². The second-order valence-corrected chi connectivity index (χ2v) is 7.93. The highest BCUT2D eigenvalue weighted by Crippen LogP contribution is 2.31. The lowest BCUT2D eigenvalue weighted by Crippen LogP contribution is -2.35. The number of nitrogens with zero attached hydrogens (tertiary/aromatic N) is 3. The minimum Gasteiger partial charge on any atom is -0.277 e. The van der Waals surface area contributed by atoms with Gasteiger partial charge in [-0.3, -0.25) is 25.0 Å². The molecular weight excluding hydrogens is 455 g/mol. The third kappa shape index (κ3) is 4.87. The molecule has 33 heavy (non-hydrogen) atoms. The average molecular weight is 473 g/mol. The number of halogens is 3. The summed E-state index contributed by atoms with van der Waals surface area (Å²) in [6.07, 6.45) is -4.46. The first-order chi connectivity index (χ1) is 15.8. The van der Waals surface area contributed by atoms with E-state index in [2.05, 4.69) is 20.8 Å². The van der Waals surface area contributed by atoms with Gasteiger partial charge in [0.1, 0.15) is 5.01 Å². The van der Waals surface area contributed by atoms with Crippen molar-refractivity contribution in [1.82, 2.24) is 20.0 Å². The number of hydrogen-bond donors (Lipinski definition) is 2. The molecule has 11 heteroatoms. The zero-order valence-corrected chi connectivity index (χ0v) is 18.1. The third-order valence-corrected chi connectivity index (χ3v) is 5.78. The van der Waals surface area contributed by atoms with Crippen molar-refractivity contribution in [3.63, 3.8) is 0 Å². The summed E-state index contributed by atoms with van der Waals surface area (Å²) in [7, 11) is 0. The van der Waals surface area contributed by atoms with Crippen LogP contribution < -0.4 is 16.4 Å². The van der Waals surface area contributed by atoms with Gasteiger partial charge in [-0.15, -0.1) is 11.3 Å². The third-order valence-electron chi connectivity index (χ3n) is 4.84. The molecular formula is C22H18F3N5O2S. The quantitative estimate of drug-likeness (QED) is 0.409. The highest BCUT2D eigenvalue weighted by molar-refractivity contribution is 7.13. The molecule has 4 aromatic rings. The van der Waals surface area contributed by atoms with Crippen molar-refractivity contribution in [1.29, 1.82) is 0 Å². The normalized spacial score (nSPS) is 11.5. The number of aromatic nitrogens is 3. The standard InChI is InChI=1S/C22H18F3N5O2S/c1-2-30-20(32)16-5-3-4-6-17(16)27-21(30)29-28-18(31)11-15-12-33-19(26-15)13-7-9-14(10-8-13)22(23,24)25/h3-10,12H,2,11H2,1H3,(H,27,29)(H,28,31). The lowest BCUT2D eigenvalue weighted by molar-refractivity contribution is -0.137. The number of benzene rings is 2. The number of hydrazine groups is 1. The number of para-hydroxylation sites is 1. The number of anilines is 1. The highest BCUT2D eigenvalue weighted by Gasteiger charge is 2.30. The largest absolute Gasteiger partial charge is 0.416 e. The molecule has 1 amide bonds. The van der Waals surface area contributed by atoms with E-state index in [9.17, 15) is 22.8 Å². The molecule has 0 aliphatic carbocycles. The fourth-order valence-corrected chi connectivity index (χ4v) is 4.04. The van der Waals surface area contributed by atoms with Crippen LogP contribution in [0.15, 0.2) is 58.7 Å². The van der Waals surface area contributed by atoms with Crippen LogP contribution in [0.1, 0.15) is 18.2 Å². The van der Waals surface area contributed by atoms with Gasteiger partial charge in [-0.05, 0) is 31.2 Å². The van der Waals surface area contributed by atoms with E-state index in [1.165, 1.54) is 28.0 Å². The fourth-order valence-electron chi connectivity index (χ4n) is 3.21. The number of nitrogens with one attached hydrogen (secondary N) is 2. The van der Waals surface area contributed by atoms with Crippen molar-refractivity contribution >= 4 is 34.1 Å². The number of alkyl halides is 3. The molecule has 7 nitrogen and oxygen atoms in total. The molecule has 0 saturated heterocycles. The number of thiazole rings is 1. The molecule has 2 heterocycles. The van der Waals surface area contributed by atoms with Gasteiger partial charge in [0.05, 0.1) is 28.6 Å². The minimum absolute atomic E-state index is 0.0614. The molecule has 2 aromatic carbocycles. The number of amides is 1. The van der Waals surface area contributed by atoms with Gasteiger partial charge in [-0.2, -0.15) is 13.2 Å². The van der Waals surface area contributed by atoms with Crippen LogP contribution in [0, 0.1) is 0 Å². The van der Waals surface area contributed by atoms with E-state index in [0.717, 1.165) is 12.1 Å². The summed E-state index contributed by atoms with van der Waals surface area (Å²) < 4.78 is 39.6. The Morgan fingerprint density at radius 1 is 1.09 bits per heavy atom. The Morgan fingerprint density at radius 3 is 2.52 bits per heavy atom. The average Bonchev–Trinajstić information content (AvgIpc) is 3.26. The zero-order chi connectivity index (χ0) is 23.6. The Kier molecular flexibility index (Phi) is 6.14. The van der Waals surface area contributed by atoms with Crippen molar-refractivity contribution in [3.8, 4) is 10.6 Å². The zero-order valence-electron chi connectivity index (χ0n) is 17.3. The molecule has 0 aliphatic rings. The lowest BCUT2D eigenvalue weighted by atomic mass is 10.1. The first-order valence-corrected chi connectivity index (χ1v) is 10.8. The van der Waals surface area contributed by atoms with E-state index >= 15 is 0 Å². The summed E-state index contributed by atoms with van der Waals surface area (Å²) in [5, 5.41) is 2.66. The molecule has 170 valence electrons. The van der Waals surface area contributed by atoms with Gasteiger partial charge in [-0.25, -0.2) is 9.97 Å². The van der Waals surface area contributed by atoms with E-state index in [-0.39, 0.29) is 17.9 Å². The Labute approximate surface area is 189 Å². The predicted octanol–water partition coefficient (Wildman–Crippen LogP) is 4.24. The summed E-state index contributed by atoms with van der Waals surface area (Å²) in [5.74, 6) is -0.206. The topological polar surface area (TPSA) is 88.9 Å². The summed E-state index contributed by atoms with van der Waals surface area (Å²) in [5.41, 5.74) is 5.76. The monoisotopic (exact) mass is 473 g/mol. The van der Waals surface area contributed by atoms with E-state index in [1.807, 2.05) is 0 Å². The van der Waals surface area contributed by atoms with Gasteiger partial charge in [0.15, 0.2) is 0 Å². The van der Waals surface area contributed by atoms with E-state index in [1.54, 1.807) is 36.6 Å². The van der Waals surface area contributed by atoms with Gasteiger partial charge in [0.2, 0.25) is 11.9 Å². The van der Waals surface area contributed by atoms with Crippen molar-refractivity contribution in [2.24, 2.45) is 0 Å². The summed E-state index contributed by atoms with van der Waals surface area (Å²) in [6, 6.07) is 11.6. The first kappa shape index (κ1) is 22.5. The fraction of sp³-hybridized carbons (Fsp3) is 0.182. The van der Waals surface area contributed by atoms with Crippen molar-refractivity contribution in [2.75, 3.05) is 5.43 Å². The number of carbonyl (C=O) groups excluding carboxylic acids is 1. The highest BCUT2D eigenvalue weighted by atomic mass is 32.1.